The number of carbonyl (C=O) groups is 1. The number of hydrogen-bond donors (Lipinski definition) is 0. The van der Waals surface area contributed by atoms with Gasteiger partial charge in [-0.15, -0.1) is 0 Å². The number of methoxy groups -OCH3 is 1. The standard InChI is InChI=1S/C9H9BrO3/c1-12-8-4-2-3-7(5-8)9(11)13-6-10/h2-5H,6H2,1H3. The van der Waals surface area contributed by atoms with Crippen LogP contribution in [0.4, 0.5) is 0 Å². The van der Waals surface area contributed by atoms with E-state index in [4.69, 9.17) is 9.47 Å². The summed E-state index contributed by atoms with van der Waals surface area (Å²) >= 11 is 3.01. The highest BCUT2D eigenvalue weighted by molar-refractivity contribution is 9.09. The highest BCUT2D eigenvalue weighted by Gasteiger charge is 2.06. The quantitative estimate of drug-likeness (QED) is 0.605. The maximum Gasteiger partial charge on any atom is 0.339 e. The summed E-state index contributed by atoms with van der Waals surface area (Å²) < 4.78 is 9.71. The molecule has 0 saturated heterocycles. The third-order valence-corrected chi connectivity index (χ3v) is 1.72. The van der Waals surface area contributed by atoms with Crippen molar-refractivity contribution >= 4 is 21.9 Å². The predicted octanol–water partition coefficient (Wildman–Crippen LogP) is 2.20. The number of halogens is 1. The summed E-state index contributed by atoms with van der Waals surface area (Å²) in [6.45, 7) is 0. The lowest BCUT2D eigenvalue weighted by Crippen LogP contribution is -2.03. The van der Waals surface area contributed by atoms with Gasteiger partial charge in [0.15, 0.2) is 0 Å². The van der Waals surface area contributed by atoms with Crippen LogP contribution in [0.25, 0.3) is 0 Å². The molecule has 0 unspecified atom stereocenters. The zero-order valence-electron chi connectivity index (χ0n) is 7.12. The second-order valence-electron chi connectivity index (χ2n) is 2.27. The molecule has 0 N–H and O–H groups in total. The summed E-state index contributed by atoms with van der Waals surface area (Å²) in [6.07, 6.45) is 0. The van der Waals surface area contributed by atoms with Crippen molar-refractivity contribution in [3.8, 4) is 5.75 Å². The third kappa shape index (κ3) is 2.73. The molecule has 0 aliphatic carbocycles. The van der Waals surface area contributed by atoms with Crippen molar-refractivity contribution in [2.24, 2.45) is 0 Å². The molecule has 0 radical (unpaired) electrons. The van der Waals surface area contributed by atoms with E-state index < -0.39 is 0 Å². The van der Waals surface area contributed by atoms with Crippen molar-refractivity contribution in [2.75, 3.05) is 12.6 Å². The Morgan fingerprint density at radius 1 is 1.54 bits per heavy atom. The Morgan fingerprint density at radius 2 is 2.31 bits per heavy atom. The third-order valence-electron chi connectivity index (χ3n) is 1.49. The molecule has 0 aromatic heterocycles. The summed E-state index contributed by atoms with van der Waals surface area (Å²) in [6, 6.07) is 6.81. The molecule has 1 aromatic rings. The van der Waals surface area contributed by atoms with Gasteiger partial charge in [0.1, 0.15) is 11.3 Å². The topological polar surface area (TPSA) is 35.5 Å². The van der Waals surface area contributed by atoms with E-state index >= 15 is 0 Å². The molecule has 0 amide bonds. The van der Waals surface area contributed by atoms with Crippen LogP contribution in [-0.4, -0.2) is 18.6 Å². The first-order chi connectivity index (χ1) is 6.27. The van der Waals surface area contributed by atoms with Crippen molar-refractivity contribution in [3.05, 3.63) is 29.8 Å². The zero-order chi connectivity index (χ0) is 9.68. The van der Waals surface area contributed by atoms with Gasteiger partial charge in [-0.3, -0.25) is 0 Å². The van der Waals surface area contributed by atoms with E-state index in [-0.39, 0.29) is 11.5 Å². The molecule has 0 bridgehead atoms. The van der Waals surface area contributed by atoms with Gasteiger partial charge in [0.05, 0.1) is 12.7 Å². The van der Waals surface area contributed by atoms with Gasteiger partial charge in [-0.2, -0.15) is 0 Å². The molecular formula is C9H9BrO3. The minimum atomic E-state index is -0.365. The first-order valence-electron chi connectivity index (χ1n) is 3.65. The molecule has 70 valence electrons. The van der Waals surface area contributed by atoms with Crippen LogP contribution in [0.2, 0.25) is 0 Å². The molecule has 0 heterocycles. The molecule has 0 saturated carbocycles. The number of ether oxygens (including phenoxy) is 2. The zero-order valence-corrected chi connectivity index (χ0v) is 8.71. The average Bonchev–Trinajstić information content (AvgIpc) is 2.18. The molecule has 0 spiro atoms. The number of hydrogen-bond acceptors (Lipinski definition) is 3. The second-order valence-corrected chi connectivity index (χ2v) is 2.73. The summed E-state index contributed by atoms with van der Waals surface area (Å²) in [5, 5.41) is 0. The van der Waals surface area contributed by atoms with Crippen LogP contribution in [0.15, 0.2) is 24.3 Å². The highest BCUT2D eigenvalue weighted by Crippen LogP contribution is 2.13. The lowest BCUT2D eigenvalue weighted by atomic mass is 10.2. The first-order valence-corrected chi connectivity index (χ1v) is 4.77. The fraction of sp³-hybridized carbons (Fsp3) is 0.222. The number of benzene rings is 1. The molecule has 0 aliphatic rings. The molecule has 1 rings (SSSR count). The molecule has 0 fully saturated rings. The van der Waals surface area contributed by atoms with Crippen LogP contribution >= 0.6 is 15.9 Å². The van der Waals surface area contributed by atoms with E-state index in [0.717, 1.165) is 0 Å². The lowest BCUT2D eigenvalue weighted by molar-refractivity contribution is 0.0583. The number of esters is 1. The van der Waals surface area contributed by atoms with E-state index in [1.165, 1.54) is 0 Å². The van der Waals surface area contributed by atoms with Crippen LogP contribution in [0.1, 0.15) is 10.4 Å². The van der Waals surface area contributed by atoms with Gasteiger partial charge in [0.2, 0.25) is 0 Å². The predicted molar refractivity (Wildman–Crippen MR) is 52.2 cm³/mol. The molecular weight excluding hydrogens is 236 g/mol. The van der Waals surface area contributed by atoms with Crippen LogP contribution in [0, 0.1) is 0 Å². The Bertz CT molecular complexity index is 299. The van der Waals surface area contributed by atoms with Crippen LogP contribution in [-0.2, 0) is 4.74 Å². The minimum Gasteiger partial charge on any atom is -0.497 e. The highest BCUT2D eigenvalue weighted by atomic mass is 79.9. The summed E-state index contributed by atoms with van der Waals surface area (Å²) in [5.74, 6) is 0.278. The number of rotatable bonds is 3. The summed E-state index contributed by atoms with van der Waals surface area (Å²) in [5.41, 5.74) is 0.682. The van der Waals surface area contributed by atoms with Gasteiger partial charge in [0, 0.05) is 0 Å². The normalized spacial score (nSPS) is 9.38. The fourth-order valence-electron chi connectivity index (χ4n) is 0.883. The summed E-state index contributed by atoms with van der Waals surface area (Å²) in [7, 11) is 1.55. The Kier molecular flexibility index (Phi) is 3.76. The Morgan fingerprint density at radius 3 is 2.92 bits per heavy atom. The van der Waals surface area contributed by atoms with Gasteiger partial charge in [-0.1, -0.05) is 6.07 Å². The Balaban J connectivity index is 2.82. The molecule has 0 aliphatic heterocycles. The number of alkyl halides is 1. The summed E-state index contributed by atoms with van der Waals surface area (Å²) in [4.78, 5) is 11.2. The fourth-order valence-corrected chi connectivity index (χ4v) is 1.09. The van der Waals surface area contributed by atoms with E-state index in [1.807, 2.05) is 0 Å². The van der Waals surface area contributed by atoms with E-state index in [2.05, 4.69) is 15.9 Å². The molecule has 13 heavy (non-hydrogen) atoms. The smallest absolute Gasteiger partial charge is 0.339 e. The Labute approximate surface area is 84.8 Å². The minimum absolute atomic E-state index is 0.197. The Hall–Kier alpha value is -1.03. The van der Waals surface area contributed by atoms with E-state index in [9.17, 15) is 4.79 Å². The van der Waals surface area contributed by atoms with Gasteiger partial charge in [0.25, 0.3) is 0 Å². The van der Waals surface area contributed by atoms with Crippen molar-refractivity contribution in [1.82, 2.24) is 0 Å². The largest absolute Gasteiger partial charge is 0.497 e. The van der Waals surface area contributed by atoms with Crippen LogP contribution in [0.5, 0.6) is 5.75 Å². The van der Waals surface area contributed by atoms with Gasteiger partial charge in [-0.05, 0) is 34.1 Å². The van der Waals surface area contributed by atoms with Gasteiger partial charge < -0.3 is 9.47 Å². The molecule has 4 heteroatoms. The molecule has 0 atom stereocenters. The van der Waals surface area contributed by atoms with E-state index in [0.29, 0.717) is 11.3 Å². The first kappa shape index (κ1) is 10.1. The molecule has 1 aromatic carbocycles. The molecule has 3 nitrogen and oxygen atoms in total. The van der Waals surface area contributed by atoms with Crippen molar-refractivity contribution in [2.45, 2.75) is 0 Å². The monoisotopic (exact) mass is 244 g/mol. The maximum absolute atomic E-state index is 11.2. The van der Waals surface area contributed by atoms with Crippen molar-refractivity contribution < 1.29 is 14.3 Å². The maximum atomic E-state index is 11.2. The second kappa shape index (κ2) is 4.87. The van der Waals surface area contributed by atoms with Crippen molar-refractivity contribution in [3.63, 3.8) is 0 Å². The van der Waals surface area contributed by atoms with Crippen LogP contribution < -0.4 is 4.74 Å². The van der Waals surface area contributed by atoms with Crippen LogP contribution in [0.3, 0.4) is 0 Å². The number of carbonyl (C=O) groups excluding carboxylic acids is 1. The lowest BCUT2D eigenvalue weighted by Gasteiger charge is -2.02. The SMILES string of the molecule is COc1cccc(C(=O)OCBr)c1. The van der Waals surface area contributed by atoms with Gasteiger partial charge >= 0.3 is 5.97 Å². The average molecular weight is 245 g/mol. The van der Waals surface area contributed by atoms with E-state index in [1.54, 1.807) is 31.4 Å². The van der Waals surface area contributed by atoms with Gasteiger partial charge in [-0.25, -0.2) is 4.79 Å². The van der Waals surface area contributed by atoms with Crippen molar-refractivity contribution in [1.29, 1.82) is 0 Å².